The number of aliphatic hydroxyl groups is 1. The lowest BCUT2D eigenvalue weighted by Gasteiger charge is -2.38. The highest BCUT2D eigenvalue weighted by Gasteiger charge is 2.33. The molecule has 0 fully saturated rings. The normalized spacial score (nSPS) is 20.9. The number of fused-ring (bicyclic) bond motifs is 1. The predicted molar refractivity (Wildman–Crippen MR) is 107 cm³/mol. The summed E-state index contributed by atoms with van der Waals surface area (Å²) in [7, 11) is 3.31. The van der Waals surface area contributed by atoms with Crippen LogP contribution in [0, 0.1) is 0 Å². The molecule has 3 rings (SSSR count). The minimum atomic E-state index is -0.950. The van der Waals surface area contributed by atoms with Crippen LogP contribution < -0.4 is 10.6 Å². The Labute approximate surface area is 163 Å². The first-order chi connectivity index (χ1) is 13.5. The molecule has 2 aliphatic rings. The first-order valence-electron chi connectivity index (χ1n) is 8.85. The maximum Gasteiger partial charge on any atom is 0.250 e. The maximum atomic E-state index is 12.6. The van der Waals surface area contributed by atoms with E-state index in [0.29, 0.717) is 11.3 Å². The van der Waals surface area contributed by atoms with Gasteiger partial charge in [0.15, 0.2) is 5.78 Å². The number of nitrogens with one attached hydrogen (secondary N) is 2. The number of rotatable bonds is 6. The Morgan fingerprint density at radius 2 is 2.07 bits per heavy atom. The zero-order valence-corrected chi connectivity index (χ0v) is 15.8. The van der Waals surface area contributed by atoms with Crippen LogP contribution in [0.15, 0.2) is 66.0 Å². The number of amides is 1. The van der Waals surface area contributed by atoms with Crippen LogP contribution in [0.3, 0.4) is 0 Å². The molecule has 1 amide bonds. The molecule has 2 aliphatic heterocycles. The molecule has 146 valence electrons. The first-order valence-corrected chi connectivity index (χ1v) is 8.85. The van der Waals surface area contributed by atoms with E-state index < -0.39 is 6.10 Å². The van der Waals surface area contributed by atoms with E-state index >= 15 is 0 Å². The van der Waals surface area contributed by atoms with E-state index in [0.717, 1.165) is 11.1 Å². The van der Waals surface area contributed by atoms with Crippen molar-refractivity contribution >= 4 is 23.5 Å². The summed E-state index contributed by atoms with van der Waals surface area (Å²) in [6, 6.07) is 7.07. The third kappa shape index (κ3) is 4.39. The number of allylic oxidation sites excluding steroid dienone is 3. The number of hydrogen-bond acceptors (Lipinski definition) is 6. The Morgan fingerprint density at radius 3 is 2.79 bits per heavy atom. The second-order valence-corrected chi connectivity index (χ2v) is 6.55. The number of hydrogen-bond donors (Lipinski definition) is 3. The number of carbonyl (C=O) groups is 2. The summed E-state index contributed by atoms with van der Waals surface area (Å²) < 4.78 is 4.77. The van der Waals surface area contributed by atoms with Gasteiger partial charge in [-0.25, -0.2) is 0 Å². The summed E-state index contributed by atoms with van der Waals surface area (Å²) in [5.74, 6) is -0.492. The SMILES string of the molecule is COCC(=O)Nc1ccc(C=CC(=O)C2=CN(C)C3NC=CC=C3C2O)cc1. The highest BCUT2D eigenvalue weighted by Crippen LogP contribution is 2.27. The second kappa shape index (κ2) is 8.69. The molecule has 28 heavy (non-hydrogen) atoms. The van der Waals surface area contributed by atoms with Gasteiger partial charge in [-0.3, -0.25) is 9.59 Å². The summed E-state index contributed by atoms with van der Waals surface area (Å²) in [5.41, 5.74) is 2.51. The Bertz CT molecular complexity index is 868. The van der Waals surface area contributed by atoms with Gasteiger partial charge in [-0.1, -0.05) is 24.3 Å². The topological polar surface area (TPSA) is 90.9 Å². The van der Waals surface area contributed by atoms with Gasteiger partial charge in [0.2, 0.25) is 5.91 Å². The Hall–Kier alpha value is -3.16. The Morgan fingerprint density at radius 1 is 1.32 bits per heavy atom. The van der Waals surface area contributed by atoms with Crippen LogP contribution in [0.25, 0.3) is 6.08 Å². The van der Waals surface area contributed by atoms with E-state index in [9.17, 15) is 14.7 Å². The van der Waals surface area contributed by atoms with Gasteiger partial charge < -0.3 is 25.4 Å². The summed E-state index contributed by atoms with van der Waals surface area (Å²) in [6.45, 7) is -0.00928. The average molecular weight is 381 g/mol. The number of aliphatic hydroxyl groups excluding tert-OH is 1. The van der Waals surface area contributed by atoms with Gasteiger partial charge in [-0.2, -0.15) is 0 Å². The van der Waals surface area contributed by atoms with E-state index in [1.54, 1.807) is 48.8 Å². The van der Waals surface area contributed by atoms with Gasteiger partial charge >= 0.3 is 0 Å². The van der Waals surface area contributed by atoms with Gasteiger partial charge in [-0.15, -0.1) is 0 Å². The molecule has 0 bridgehead atoms. The van der Waals surface area contributed by atoms with Crippen molar-refractivity contribution in [1.29, 1.82) is 0 Å². The number of likely N-dealkylation sites (N-methyl/N-ethyl adjacent to an activating group) is 1. The number of nitrogens with zero attached hydrogens (tertiary/aromatic N) is 1. The largest absolute Gasteiger partial charge is 0.384 e. The van der Waals surface area contributed by atoms with Crippen molar-refractivity contribution < 1.29 is 19.4 Å². The molecule has 0 aliphatic carbocycles. The first kappa shape index (κ1) is 19.6. The third-order valence-electron chi connectivity index (χ3n) is 4.50. The lowest BCUT2D eigenvalue weighted by molar-refractivity contribution is -0.119. The molecule has 2 unspecified atom stereocenters. The summed E-state index contributed by atoms with van der Waals surface area (Å²) in [5, 5.41) is 16.4. The number of anilines is 1. The molecule has 0 saturated heterocycles. The fourth-order valence-electron chi connectivity index (χ4n) is 3.10. The van der Waals surface area contributed by atoms with Crippen molar-refractivity contribution in [3.63, 3.8) is 0 Å². The molecular formula is C21H23N3O4. The summed E-state index contributed by atoms with van der Waals surface area (Å²) in [4.78, 5) is 26.0. The zero-order chi connectivity index (χ0) is 20.1. The quantitative estimate of drug-likeness (QED) is 0.646. The molecule has 1 aromatic rings. The minimum Gasteiger partial charge on any atom is -0.384 e. The van der Waals surface area contributed by atoms with Crippen LogP contribution in [0.4, 0.5) is 5.69 Å². The van der Waals surface area contributed by atoms with Crippen molar-refractivity contribution in [1.82, 2.24) is 10.2 Å². The van der Waals surface area contributed by atoms with E-state index in [4.69, 9.17) is 4.74 Å². The molecule has 0 spiro atoms. The van der Waals surface area contributed by atoms with Crippen molar-refractivity contribution in [3.8, 4) is 0 Å². The molecule has 1 aromatic carbocycles. The number of carbonyl (C=O) groups excluding carboxylic acids is 2. The highest BCUT2D eigenvalue weighted by molar-refractivity contribution is 6.07. The second-order valence-electron chi connectivity index (χ2n) is 6.55. The van der Waals surface area contributed by atoms with E-state index in [-0.39, 0.29) is 24.5 Å². The van der Waals surface area contributed by atoms with Gasteiger partial charge in [-0.05, 0) is 36.0 Å². The van der Waals surface area contributed by atoms with Crippen LogP contribution in [0.5, 0.6) is 0 Å². The summed E-state index contributed by atoms with van der Waals surface area (Å²) in [6.07, 6.45) is 9.11. The number of ketones is 1. The van der Waals surface area contributed by atoms with E-state index in [1.165, 1.54) is 13.2 Å². The van der Waals surface area contributed by atoms with Crippen LogP contribution in [0.1, 0.15) is 5.56 Å². The van der Waals surface area contributed by atoms with Gasteiger partial charge in [0.05, 0.1) is 0 Å². The third-order valence-corrected chi connectivity index (χ3v) is 4.50. The van der Waals surface area contributed by atoms with Crippen LogP contribution in [-0.2, 0) is 14.3 Å². The fourth-order valence-corrected chi connectivity index (χ4v) is 3.10. The van der Waals surface area contributed by atoms with Crippen LogP contribution >= 0.6 is 0 Å². The van der Waals surface area contributed by atoms with E-state index in [1.807, 2.05) is 18.0 Å². The smallest absolute Gasteiger partial charge is 0.250 e. The van der Waals surface area contributed by atoms with Gasteiger partial charge in [0.1, 0.15) is 18.9 Å². The molecular weight excluding hydrogens is 358 g/mol. The lowest BCUT2D eigenvalue weighted by atomic mass is 9.91. The molecule has 7 heteroatoms. The minimum absolute atomic E-state index is 0.00928. The monoisotopic (exact) mass is 381 g/mol. The maximum absolute atomic E-state index is 12.6. The predicted octanol–water partition coefficient (Wildman–Crippen LogP) is 1.41. The summed E-state index contributed by atoms with van der Waals surface area (Å²) >= 11 is 0. The van der Waals surface area contributed by atoms with Crippen molar-refractivity contribution in [2.45, 2.75) is 12.3 Å². The van der Waals surface area contributed by atoms with Crippen molar-refractivity contribution in [3.05, 3.63) is 71.6 Å². The fraction of sp³-hybridized carbons (Fsp3) is 0.238. The number of ether oxygens (including phenoxy) is 1. The molecule has 3 N–H and O–H groups in total. The highest BCUT2D eigenvalue weighted by atomic mass is 16.5. The number of dihydropyridines is 1. The zero-order valence-electron chi connectivity index (χ0n) is 15.8. The molecule has 2 heterocycles. The van der Waals surface area contributed by atoms with Crippen LogP contribution in [-0.4, -0.2) is 54.7 Å². The lowest BCUT2D eigenvalue weighted by Crippen LogP contribution is -2.48. The van der Waals surface area contributed by atoms with Crippen LogP contribution in [0.2, 0.25) is 0 Å². The van der Waals surface area contributed by atoms with Gasteiger partial charge in [0, 0.05) is 37.2 Å². The Balaban J connectivity index is 1.68. The van der Waals surface area contributed by atoms with Crippen molar-refractivity contribution in [2.24, 2.45) is 0 Å². The average Bonchev–Trinajstić information content (AvgIpc) is 2.70. The molecule has 0 radical (unpaired) electrons. The van der Waals surface area contributed by atoms with Crippen molar-refractivity contribution in [2.75, 3.05) is 26.1 Å². The number of methoxy groups -OCH3 is 1. The standard InChI is InChI=1S/C21H23N3O4/c1-24-12-17(20(27)16-4-3-11-22-21(16)24)18(25)10-7-14-5-8-15(9-6-14)23-19(26)13-28-2/h3-12,20-22,27H,13H2,1-2H3,(H,23,26). The molecule has 7 nitrogen and oxygen atoms in total. The molecule has 2 atom stereocenters. The number of benzene rings is 1. The van der Waals surface area contributed by atoms with Gasteiger partial charge in [0.25, 0.3) is 0 Å². The molecule has 0 saturated carbocycles. The van der Waals surface area contributed by atoms with E-state index in [2.05, 4.69) is 10.6 Å². The Kier molecular flexibility index (Phi) is 6.08. The molecule has 0 aromatic heterocycles.